The Hall–Kier alpha value is -7.09. The number of aromatic nitrogens is 4. The van der Waals surface area contributed by atoms with E-state index in [1.165, 1.54) is 18.2 Å². The highest BCUT2D eigenvalue weighted by Gasteiger charge is 2.11. The lowest BCUT2D eigenvalue weighted by Crippen LogP contribution is -2.13. The first-order valence-corrected chi connectivity index (χ1v) is 18.3. The lowest BCUT2D eigenvalue weighted by Gasteiger charge is -2.11. The second-order valence-electron chi connectivity index (χ2n) is 12.4. The van der Waals surface area contributed by atoms with Crippen LogP contribution >= 0.6 is 0 Å². The normalized spacial score (nSPS) is 10.3. The van der Waals surface area contributed by atoms with Crippen molar-refractivity contribution in [3.8, 4) is 46.0 Å². The van der Waals surface area contributed by atoms with Gasteiger partial charge >= 0.3 is 18.1 Å². The van der Waals surface area contributed by atoms with E-state index in [-0.39, 0.29) is 6.01 Å². The van der Waals surface area contributed by atoms with Gasteiger partial charge < -0.3 is 40.1 Å². The largest absolute Gasteiger partial charge is 0.497 e. The molecule has 5 N–H and O–H groups in total. The average Bonchev–Trinajstić information content (AvgIpc) is 3.24. The number of hydrogen-bond acceptors (Lipinski definition) is 13. The maximum Gasteiger partial charge on any atom is 0.411 e. The third kappa shape index (κ3) is 12.7. The number of nitrogens with zero attached hydrogens (tertiary/aromatic N) is 4. The van der Waals surface area contributed by atoms with Crippen molar-refractivity contribution in [2.24, 2.45) is 0 Å². The zero-order chi connectivity index (χ0) is 40.4. The van der Waals surface area contributed by atoms with E-state index < -0.39 is 6.09 Å². The fourth-order valence-electron chi connectivity index (χ4n) is 5.50. The van der Waals surface area contributed by atoms with Gasteiger partial charge in [0.2, 0.25) is 0 Å². The van der Waals surface area contributed by atoms with Gasteiger partial charge in [-0.25, -0.2) is 4.79 Å². The van der Waals surface area contributed by atoms with Crippen molar-refractivity contribution in [1.29, 1.82) is 0 Å². The molecule has 0 saturated carbocycles. The molecule has 0 bridgehead atoms. The number of rotatable bonds is 16. The molecule has 2 heterocycles. The summed E-state index contributed by atoms with van der Waals surface area (Å²) in [7, 11) is 6.40. The number of carbonyl (C=O) groups excluding carboxylic acids is 1. The van der Waals surface area contributed by atoms with Crippen LogP contribution in [-0.4, -0.2) is 74.2 Å². The van der Waals surface area contributed by atoms with Crippen molar-refractivity contribution in [2.75, 3.05) is 69.8 Å². The minimum absolute atomic E-state index is 0.258. The molecule has 14 nitrogen and oxygen atoms in total. The maximum absolute atomic E-state index is 11.7. The summed E-state index contributed by atoms with van der Waals surface area (Å²) in [5, 5.41) is 9.34. The Labute approximate surface area is 332 Å². The maximum atomic E-state index is 11.7. The van der Waals surface area contributed by atoms with E-state index >= 15 is 0 Å². The Bertz CT molecular complexity index is 2190. The van der Waals surface area contributed by atoms with Crippen LogP contribution in [0.5, 0.6) is 23.5 Å². The Morgan fingerprint density at radius 1 is 0.596 bits per heavy atom. The molecule has 0 spiro atoms. The first kappa shape index (κ1) is 41.1. The molecular formula is C43H48N8O6. The van der Waals surface area contributed by atoms with Crippen molar-refractivity contribution < 1.29 is 28.5 Å². The van der Waals surface area contributed by atoms with Crippen LogP contribution in [-0.2, 0) is 17.6 Å². The Kier molecular flexibility index (Phi) is 15.2. The second-order valence-corrected chi connectivity index (χ2v) is 12.4. The van der Waals surface area contributed by atoms with Gasteiger partial charge in [-0.05, 0) is 79.4 Å². The number of nitrogens with two attached hydrogens (primary N) is 1. The molecule has 296 valence electrons. The summed E-state index contributed by atoms with van der Waals surface area (Å²) in [6, 6.07) is 35.2. The lowest BCUT2D eigenvalue weighted by atomic mass is 10.1. The summed E-state index contributed by atoms with van der Waals surface area (Å²) in [4.78, 5) is 29.3. The topological polar surface area (TPSA) is 177 Å². The molecular weight excluding hydrogens is 725 g/mol. The standard InChI is InChI=1S/C23H26N4O4.C20H22N4O2/c1-4-31-23(28)25-18-7-5-6-17(14-18)20-15-21(27-22(26-20)30-3)24-13-12-16-8-10-19(29-2)11-9-16;1-25-17-8-6-14(7-9-17)10-11-22-19-13-18(23-20(24-19)26-2)15-4-3-5-16(21)12-15/h5-11,14-15H,4,12-13H2,1-3H3,(H,25,28)(H,24,26,27);3-9,12-13H,10-11,21H2,1-2H3,(H,22,23,24). The first-order chi connectivity index (χ1) is 27.8. The fourth-order valence-corrected chi connectivity index (χ4v) is 5.50. The zero-order valence-electron chi connectivity index (χ0n) is 32.7. The molecule has 4 aromatic carbocycles. The summed E-state index contributed by atoms with van der Waals surface area (Å²) in [5.41, 5.74) is 12.7. The number of nitrogens with one attached hydrogen (secondary N) is 3. The van der Waals surface area contributed by atoms with Crippen LogP contribution in [0.25, 0.3) is 22.5 Å². The van der Waals surface area contributed by atoms with Gasteiger partial charge in [0.1, 0.15) is 23.1 Å². The monoisotopic (exact) mass is 772 g/mol. The van der Waals surface area contributed by atoms with Crippen molar-refractivity contribution in [3.05, 3.63) is 120 Å². The molecule has 1 amide bonds. The van der Waals surface area contributed by atoms with Crippen LogP contribution in [0.15, 0.2) is 109 Å². The lowest BCUT2D eigenvalue weighted by molar-refractivity contribution is 0.168. The highest BCUT2D eigenvalue weighted by atomic mass is 16.5. The van der Waals surface area contributed by atoms with Crippen molar-refractivity contribution in [1.82, 2.24) is 19.9 Å². The second kappa shape index (κ2) is 21.1. The van der Waals surface area contributed by atoms with Crippen molar-refractivity contribution in [3.63, 3.8) is 0 Å². The third-order valence-corrected chi connectivity index (χ3v) is 8.40. The third-order valence-electron chi connectivity index (χ3n) is 8.40. The molecule has 57 heavy (non-hydrogen) atoms. The number of amides is 1. The Morgan fingerprint density at radius 2 is 1.09 bits per heavy atom. The van der Waals surface area contributed by atoms with Crippen LogP contribution in [0.1, 0.15) is 18.1 Å². The summed E-state index contributed by atoms with van der Waals surface area (Å²) < 4.78 is 25.8. The van der Waals surface area contributed by atoms with Crippen molar-refractivity contribution >= 4 is 29.1 Å². The molecule has 0 fully saturated rings. The van der Waals surface area contributed by atoms with Crippen LogP contribution in [0, 0.1) is 0 Å². The molecule has 6 aromatic rings. The number of methoxy groups -OCH3 is 4. The molecule has 6 rings (SSSR count). The minimum atomic E-state index is -0.499. The summed E-state index contributed by atoms with van der Waals surface area (Å²) in [6.45, 7) is 3.49. The van der Waals surface area contributed by atoms with E-state index in [2.05, 4.69) is 48.0 Å². The summed E-state index contributed by atoms with van der Waals surface area (Å²) in [5.74, 6) is 3.05. The molecule has 2 aromatic heterocycles. The van der Waals surface area contributed by atoms with E-state index in [1.54, 1.807) is 34.3 Å². The van der Waals surface area contributed by atoms with E-state index in [0.717, 1.165) is 47.7 Å². The molecule has 0 atom stereocenters. The van der Waals surface area contributed by atoms with Crippen LogP contribution < -0.4 is 40.6 Å². The van der Waals surface area contributed by atoms with Crippen LogP contribution in [0.3, 0.4) is 0 Å². The van der Waals surface area contributed by atoms with Gasteiger partial charge in [-0.1, -0.05) is 48.5 Å². The molecule has 0 aliphatic heterocycles. The highest BCUT2D eigenvalue weighted by molar-refractivity contribution is 5.85. The van der Waals surface area contributed by atoms with Gasteiger partial charge in [-0.2, -0.15) is 19.9 Å². The van der Waals surface area contributed by atoms with E-state index in [1.807, 2.05) is 91.0 Å². The number of carbonyl (C=O) groups is 1. The van der Waals surface area contributed by atoms with E-state index in [4.69, 9.17) is 29.4 Å². The number of nitrogen functional groups attached to an aromatic ring is 1. The molecule has 0 aliphatic carbocycles. The quantitative estimate of drug-likeness (QED) is 0.0702. The fraction of sp³-hybridized carbons (Fsp3) is 0.233. The number of anilines is 4. The first-order valence-electron chi connectivity index (χ1n) is 18.3. The molecule has 0 saturated heterocycles. The SMILES string of the molecule is CCOC(=O)Nc1cccc(-c2cc(NCCc3ccc(OC)cc3)nc(OC)n2)c1.COc1ccc(CCNc2cc(-c3cccc(N)c3)nc(OC)n2)cc1. The van der Waals surface area contributed by atoms with Crippen LogP contribution in [0.2, 0.25) is 0 Å². The van der Waals surface area contributed by atoms with Gasteiger partial charge in [0.05, 0.1) is 46.4 Å². The molecule has 0 radical (unpaired) electrons. The Morgan fingerprint density at radius 3 is 1.54 bits per heavy atom. The van der Waals surface area contributed by atoms with Crippen LogP contribution in [0.4, 0.5) is 27.8 Å². The average molecular weight is 773 g/mol. The smallest absolute Gasteiger partial charge is 0.411 e. The molecule has 0 unspecified atom stereocenters. The van der Waals surface area contributed by atoms with Crippen molar-refractivity contribution in [2.45, 2.75) is 19.8 Å². The van der Waals surface area contributed by atoms with Gasteiger partial charge in [0.25, 0.3) is 0 Å². The predicted molar refractivity (Wildman–Crippen MR) is 223 cm³/mol. The van der Waals surface area contributed by atoms with Gasteiger partial charge in [0.15, 0.2) is 0 Å². The number of benzene rings is 4. The van der Waals surface area contributed by atoms with E-state index in [9.17, 15) is 4.79 Å². The van der Waals surface area contributed by atoms with E-state index in [0.29, 0.717) is 47.9 Å². The number of ether oxygens (including phenoxy) is 5. The summed E-state index contributed by atoms with van der Waals surface area (Å²) in [6.07, 6.45) is 1.19. The predicted octanol–water partition coefficient (Wildman–Crippen LogP) is 7.78. The number of hydrogen-bond donors (Lipinski definition) is 4. The Balaban J connectivity index is 0.000000221. The molecule has 0 aliphatic rings. The minimum Gasteiger partial charge on any atom is -0.497 e. The van der Waals surface area contributed by atoms with Gasteiger partial charge in [-0.3, -0.25) is 5.32 Å². The highest BCUT2D eigenvalue weighted by Crippen LogP contribution is 2.26. The van der Waals surface area contributed by atoms with Gasteiger partial charge in [0, 0.05) is 47.7 Å². The van der Waals surface area contributed by atoms with Gasteiger partial charge in [-0.15, -0.1) is 0 Å². The molecule has 14 heteroatoms. The summed E-state index contributed by atoms with van der Waals surface area (Å²) >= 11 is 0. The zero-order valence-corrected chi connectivity index (χ0v) is 32.7.